The van der Waals surface area contributed by atoms with Gasteiger partial charge in [-0.1, -0.05) is 6.07 Å². The summed E-state index contributed by atoms with van der Waals surface area (Å²) in [5, 5.41) is 9.48. The Kier molecular flexibility index (Phi) is 4.66. The van der Waals surface area contributed by atoms with Gasteiger partial charge in [0.15, 0.2) is 0 Å². The average Bonchev–Trinajstić information content (AvgIpc) is 3.13. The number of benzene rings is 1. The van der Waals surface area contributed by atoms with E-state index in [1.54, 1.807) is 12.1 Å². The number of carbonyl (C=O) groups is 2. The Hall–Kier alpha value is -2.60. The molecule has 2 N–H and O–H groups in total. The fourth-order valence-corrected chi connectivity index (χ4v) is 3.24. The van der Waals surface area contributed by atoms with Crippen molar-refractivity contribution in [2.45, 2.75) is 25.3 Å². The Balaban J connectivity index is 1.86. The topological polar surface area (TPSA) is 82.6 Å². The van der Waals surface area contributed by atoms with Crippen LogP contribution in [0.3, 0.4) is 0 Å². The number of likely N-dealkylation sites (N-methyl/N-ethyl adjacent to an activating group) is 1. The van der Waals surface area contributed by atoms with Crippen LogP contribution in [-0.2, 0) is 16.0 Å². The third kappa shape index (κ3) is 3.49. The van der Waals surface area contributed by atoms with E-state index in [0.717, 1.165) is 48.0 Å². The fraction of sp³-hybridized carbons (Fsp3) is 0.333. The van der Waals surface area contributed by atoms with Crippen LogP contribution in [0.25, 0.3) is 10.9 Å². The minimum absolute atomic E-state index is 0.449. The van der Waals surface area contributed by atoms with Gasteiger partial charge in [0.25, 0.3) is 0 Å². The number of likely N-dealkylation sites (tertiary alicyclic amines) is 1. The Morgan fingerprint density at radius 1 is 1.42 bits per heavy atom. The number of aromatic amines is 1. The summed E-state index contributed by atoms with van der Waals surface area (Å²) in [7, 11) is 2.13. The van der Waals surface area contributed by atoms with Gasteiger partial charge in [-0.25, -0.2) is 9.59 Å². The molecule has 1 fully saturated rings. The quantitative estimate of drug-likeness (QED) is 0.500. The third-order valence-electron chi connectivity index (χ3n) is 4.45. The largest absolute Gasteiger partial charge is 0.478 e. The highest BCUT2D eigenvalue weighted by atomic mass is 16.5. The molecular weight excluding hydrogens is 308 g/mol. The lowest BCUT2D eigenvalue weighted by Crippen LogP contribution is -2.26. The van der Waals surface area contributed by atoms with E-state index in [0.29, 0.717) is 11.8 Å². The van der Waals surface area contributed by atoms with E-state index in [2.05, 4.69) is 16.9 Å². The van der Waals surface area contributed by atoms with Crippen molar-refractivity contribution in [3.63, 3.8) is 0 Å². The van der Waals surface area contributed by atoms with Crippen LogP contribution in [0.5, 0.6) is 5.75 Å². The van der Waals surface area contributed by atoms with Crippen molar-refractivity contribution < 1.29 is 19.4 Å². The molecule has 0 unspecified atom stereocenters. The van der Waals surface area contributed by atoms with Crippen LogP contribution in [0, 0.1) is 0 Å². The number of nitrogens with one attached hydrogen (secondary N) is 1. The Labute approximate surface area is 139 Å². The molecule has 1 aromatic carbocycles. The van der Waals surface area contributed by atoms with Gasteiger partial charge in [0.05, 0.1) is 0 Å². The number of nitrogens with zero attached hydrogens (tertiary/aromatic N) is 1. The van der Waals surface area contributed by atoms with Gasteiger partial charge in [-0.15, -0.1) is 0 Å². The normalized spacial score (nSPS) is 18.5. The fourth-order valence-electron chi connectivity index (χ4n) is 3.24. The highest BCUT2D eigenvalue weighted by molar-refractivity contribution is 5.95. The molecule has 0 amide bonds. The predicted molar refractivity (Wildman–Crippen MR) is 90.1 cm³/mol. The Morgan fingerprint density at radius 2 is 2.25 bits per heavy atom. The molecule has 1 aliphatic rings. The maximum atomic E-state index is 11.8. The van der Waals surface area contributed by atoms with Crippen molar-refractivity contribution in [2.24, 2.45) is 0 Å². The van der Waals surface area contributed by atoms with Gasteiger partial charge in [0, 0.05) is 35.3 Å². The molecule has 6 nitrogen and oxygen atoms in total. The number of aromatic nitrogens is 1. The number of fused-ring (bicyclic) bond motifs is 1. The molecule has 1 atom stereocenters. The minimum atomic E-state index is -1.18. The molecule has 2 heterocycles. The van der Waals surface area contributed by atoms with E-state index in [1.165, 1.54) is 6.42 Å². The first-order valence-electron chi connectivity index (χ1n) is 7.96. The summed E-state index contributed by atoms with van der Waals surface area (Å²) >= 11 is 0. The van der Waals surface area contributed by atoms with Crippen LogP contribution in [0.1, 0.15) is 18.4 Å². The maximum Gasteiger partial charge on any atom is 0.336 e. The summed E-state index contributed by atoms with van der Waals surface area (Å²) in [6, 6.07) is 5.94. The lowest BCUT2D eigenvalue weighted by atomic mass is 10.0. The van der Waals surface area contributed by atoms with Crippen LogP contribution in [0.2, 0.25) is 0 Å². The molecule has 1 aromatic heterocycles. The van der Waals surface area contributed by atoms with Crippen LogP contribution >= 0.6 is 0 Å². The van der Waals surface area contributed by atoms with Gasteiger partial charge in [-0.05, 0) is 50.6 Å². The first-order valence-corrected chi connectivity index (χ1v) is 7.96. The second-order valence-corrected chi connectivity index (χ2v) is 6.07. The summed E-state index contributed by atoms with van der Waals surface area (Å²) in [6.07, 6.45) is 6.89. The van der Waals surface area contributed by atoms with E-state index in [-0.39, 0.29) is 0 Å². The standard InChI is InChI=1S/C18H20N2O4/c1-20-9-3-4-13(20)10-12-11-19-14-5-2-6-15(18(12)14)24-17(23)8-7-16(21)22/h2,5-8,11,13,19H,3-4,9-10H2,1H3,(H,21,22)/b8-7+/t13-/m1/s1. The summed E-state index contributed by atoms with van der Waals surface area (Å²) in [5.74, 6) is -1.43. The molecule has 2 aromatic rings. The number of hydrogen-bond donors (Lipinski definition) is 2. The molecule has 0 spiro atoms. The number of rotatable bonds is 5. The maximum absolute atomic E-state index is 11.8. The molecule has 0 radical (unpaired) electrons. The average molecular weight is 328 g/mol. The van der Waals surface area contributed by atoms with Crippen LogP contribution in [-0.4, -0.2) is 46.6 Å². The Bertz CT molecular complexity index is 793. The van der Waals surface area contributed by atoms with Gasteiger partial charge in [0.2, 0.25) is 0 Å². The molecule has 3 rings (SSSR count). The van der Waals surface area contributed by atoms with Crippen molar-refractivity contribution in [3.05, 3.63) is 42.1 Å². The summed E-state index contributed by atoms with van der Waals surface area (Å²) < 4.78 is 5.35. The number of aliphatic carboxylic acids is 1. The van der Waals surface area contributed by atoms with Crippen molar-refractivity contribution in [1.29, 1.82) is 0 Å². The highest BCUT2D eigenvalue weighted by Crippen LogP contribution is 2.31. The minimum Gasteiger partial charge on any atom is -0.478 e. The zero-order valence-corrected chi connectivity index (χ0v) is 13.5. The van der Waals surface area contributed by atoms with Crippen LogP contribution in [0.4, 0.5) is 0 Å². The number of carbonyl (C=O) groups excluding carboxylic acids is 1. The number of carboxylic acid groups (broad SMARTS) is 1. The van der Waals surface area contributed by atoms with Gasteiger partial charge < -0.3 is 19.7 Å². The molecule has 6 heteroatoms. The molecule has 0 bridgehead atoms. The van der Waals surface area contributed by atoms with Crippen molar-refractivity contribution in [2.75, 3.05) is 13.6 Å². The lowest BCUT2D eigenvalue weighted by molar-refractivity contribution is -0.133. The van der Waals surface area contributed by atoms with Gasteiger partial charge in [-0.3, -0.25) is 0 Å². The van der Waals surface area contributed by atoms with E-state index in [4.69, 9.17) is 9.84 Å². The van der Waals surface area contributed by atoms with Gasteiger partial charge in [-0.2, -0.15) is 0 Å². The second kappa shape index (κ2) is 6.88. The zero-order valence-electron chi connectivity index (χ0n) is 13.5. The second-order valence-electron chi connectivity index (χ2n) is 6.07. The number of esters is 1. The number of ether oxygens (including phenoxy) is 1. The van der Waals surface area contributed by atoms with E-state index < -0.39 is 11.9 Å². The van der Waals surface area contributed by atoms with Crippen LogP contribution < -0.4 is 4.74 Å². The monoisotopic (exact) mass is 328 g/mol. The van der Waals surface area contributed by atoms with Crippen molar-refractivity contribution >= 4 is 22.8 Å². The SMILES string of the molecule is CN1CCC[C@@H]1Cc1c[nH]c2cccc(OC(=O)/C=C/C(=O)O)c12. The molecule has 1 aliphatic heterocycles. The molecule has 0 aliphatic carbocycles. The smallest absolute Gasteiger partial charge is 0.336 e. The summed E-state index contributed by atoms with van der Waals surface area (Å²) in [4.78, 5) is 27.9. The van der Waals surface area contributed by atoms with Crippen molar-refractivity contribution in [1.82, 2.24) is 9.88 Å². The van der Waals surface area contributed by atoms with Crippen molar-refractivity contribution in [3.8, 4) is 5.75 Å². The zero-order chi connectivity index (χ0) is 17.1. The molecule has 0 saturated carbocycles. The molecule has 1 saturated heterocycles. The number of H-pyrrole nitrogens is 1. The highest BCUT2D eigenvalue weighted by Gasteiger charge is 2.23. The molecule has 24 heavy (non-hydrogen) atoms. The van der Waals surface area contributed by atoms with Crippen LogP contribution in [0.15, 0.2) is 36.5 Å². The third-order valence-corrected chi connectivity index (χ3v) is 4.45. The van der Waals surface area contributed by atoms with Gasteiger partial charge in [0.1, 0.15) is 5.75 Å². The lowest BCUT2D eigenvalue weighted by Gasteiger charge is -2.19. The van der Waals surface area contributed by atoms with E-state index in [1.807, 2.05) is 12.3 Å². The summed E-state index contributed by atoms with van der Waals surface area (Å²) in [5.41, 5.74) is 2.01. The van der Waals surface area contributed by atoms with E-state index in [9.17, 15) is 9.59 Å². The van der Waals surface area contributed by atoms with Gasteiger partial charge >= 0.3 is 11.9 Å². The first kappa shape index (κ1) is 16.3. The number of carboxylic acids is 1. The van der Waals surface area contributed by atoms with E-state index >= 15 is 0 Å². The predicted octanol–water partition coefficient (Wildman–Crippen LogP) is 2.35. The summed E-state index contributed by atoms with van der Waals surface area (Å²) in [6.45, 7) is 1.11. The Morgan fingerprint density at radius 3 is 2.96 bits per heavy atom. The molecular formula is C18H20N2O4. The first-order chi connectivity index (χ1) is 11.5. The molecule has 126 valence electrons. The number of hydrogen-bond acceptors (Lipinski definition) is 4.